The molecule has 12 heteroatoms. The Morgan fingerprint density at radius 1 is 0.982 bits per heavy atom. The highest BCUT2D eigenvalue weighted by Crippen LogP contribution is 2.62. The van der Waals surface area contributed by atoms with Crippen LogP contribution in [0.4, 0.5) is 5.69 Å². The summed E-state index contributed by atoms with van der Waals surface area (Å²) >= 11 is 1.80. The van der Waals surface area contributed by atoms with Gasteiger partial charge in [0.15, 0.2) is 0 Å². The Balaban J connectivity index is 1.47. The second-order valence-corrected chi connectivity index (χ2v) is 15.8. The van der Waals surface area contributed by atoms with Crippen molar-refractivity contribution in [3.8, 4) is 11.5 Å². The number of ether oxygens (including phenoxy) is 3. The maximum Gasteiger partial charge on any atom is 0.269 e. The number of rotatable bonds is 22. The molecule has 1 fully saturated rings. The highest BCUT2D eigenvalue weighted by atomic mass is 32.2. The SMILES string of the molecule is C=CCOc1ccc2c(c1)[C@H]1[C@H](CCCCO)[C@@H](CCCCO)C=C3C(=NOCc4ccc([N+](=O)[O-])cc4)C[C@H](SCCc4ccncc4)[C@@](OCC=C)(O2)[C@H]31. The molecule has 0 radical (unpaired) electrons. The fraction of sp³-hybridized carbons (Fsp3) is 0.455. The number of unbranched alkanes of at least 4 members (excludes halogenated alkanes) is 2. The number of benzene rings is 2. The van der Waals surface area contributed by atoms with Crippen LogP contribution in [0.3, 0.4) is 0 Å². The average Bonchev–Trinajstić information content (AvgIpc) is 3.22. The van der Waals surface area contributed by atoms with E-state index in [-0.39, 0.29) is 61.0 Å². The first-order chi connectivity index (χ1) is 27.4. The molecule has 6 rings (SSSR count). The molecule has 3 aliphatic rings. The molecule has 0 bridgehead atoms. The van der Waals surface area contributed by atoms with Crippen molar-refractivity contribution in [1.29, 1.82) is 0 Å². The topological polar surface area (TPSA) is 146 Å². The number of aryl methyl sites for hydroxylation is 1. The number of aromatic nitrogens is 1. The summed E-state index contributed by atoms with van der Waals surface area (Å²) in [6.45, 7) is 8.92. The summed E-state index contributed by atoms with van der Waals surface area (Å²) in [7, 11) is 0. The summed E-state index contributed by atoms with van der Waals surface area (Å²) in [6, 6.07) is 16.4. The third-order valence-electron chi connectivity index (χ3n) is 11.0. The van der Waals surface area contributed by atoms with Gasteiger partial charge in [0.2, 0.25) is 5.79 Å². The third kappa shape index (κ3) is 9.54. The number of nitro groups is 1. The Morgan fingerprint density at radius 3 is 2.45 bits per heavy atom. The molecule has 2 aromatic carbocycles. The number of aliphatic hydroxyl groups excluding tert-OH is 2. The fourth-order valence-corrected chi connectivity index (χ4v) is 9.90. The molecule has 0 unspecified atom stereocenters. The molecule has 56 heavy (non-hydrogen) atoms. The smallest absolute Gasteiger partial charge is 0.269 e. The zero-order valence-electron chi connectivity index (χ0n) is 31.9. The number of nitrogens with zero attached hydrogens (tertiary/aromatic N) is 3. The van der Waals surface area contributed by atoms with Crippen LogP contribution in [-0.4, -0.2) is 69.0 Å². The van der Waals surface area contributed by atoms with E-state index < -0.39 is 10.7 Å². The molecule has 2 aliphatic carbocycles. The quantitative estimate of drug-likeness (QED) is 0.0441. The van der Waals surface area contributed by atoms with E-state index in [2.05, 4.69) is 30.3 Å². The standard InChI is InChI=1S/C44H53N3O8S/c1-3-24-52-35-15-16-40-38(28-35)42-36(10-6-8-23-49)33(9-5-7-22-48)27-37-39(46-54-30-32-11-13-34(14-12-32)47(50)51)29-41(44(55-40,43(37)42)53-25-4-2)56-26-19-31-17-20-45-21-18-31/h3-4,11-18,20-21,27-28,33,36,41-43,48-49H,1-2,5-10,19,22-26,29-30H2/t33-,36+,41-,42+,43+,44+/m0/s1. The van der Waals surface area contributed by atoms with Gasteiger partial charge in [-0.2, -0.15) is 11.8 Å². The van der Waals surface area contributed by atoms with Crippen molar-refractivity contribution in [2.75, 3.05) is 32.2 Å². The summed E-state index contributed by atoms with van der Waals surface area (Å²) in [5, 5.41) is 35.6. The number of nitro benzene ring substituents is 1. The number of hydrogen-bond acceptors (Lipinski definition) is 11. The Labute approximate surface area is 333 Å². The predicted octanol–water partition coefficient (Wildman–Crippen LogP) is 8.36. The van der Waals surface area contributed by atoms with Gasteiger partial charge in [0.05, 0.1) is 28.4 Å². The normalized spacial score (nSPS) is 24.3. The van der Waals surface area contributed by atoms with Crippen LogP contribution in [0.15, 0.2) is 109 Å². The van der Waals surface area contributed by atoms with Crippen molar-refractivity contribution >= 4 is 23.2 Å². The van der Waals surface area contributed by atoms with Gasteiger partial charge in [-0.3, -0.25) is 15.1 Å². The van der Waals surface area contributed by atoms with Gasteiger partial charge >= 0.3 is 0 Å². The van der Waals surface area contributed by atoms with Gasteiger partial charge in [-0.05, 0) is 109 Å². The maximum absolute atomic E-state index is 11.3. The van der Waals surface area contributed by atoms with Crippen LogP contribution in [0.25, 0.3) is 0 Å². The second kappa shape index (κ2) is 20.1. The van der Waals surface area contributed by atoms with Crippen LogP contribution in [0.2, 0.25) is 0 Å². The highest BCUT2D eigenvalue weighted by molar-refractivity contribution is 8.00. The van der Waals surface area contributed by atoms with Crippen LogP contribution in [0.5, 0.6) is 11.5 Å². The molecule has 1 aliphatic heterocycles. The van der Waals surface area contributed by atoms with Crippen molar-refractivity contribution in [2.24, 2.45) is 22.9 Å². The number of oxime groups is 1. The lowest BCUT2D eigenvalue weighted by Crippen LogP contribution is -2.64. The third-order valence-corrected chi connectivity index (χ3v) is 12.3. The number of non-ortho nitro benzene ring substituents is 1. The first-order valence-corrected chi connectivity index (χ1v) is 20.6. The summed E-state index contributed by atoms with van der Waals surface area (Å²) in [6.07, 6.45) is 15.7. The lowest BCUT2D eigenvalue weighted by Gasteiger charge is -2.58. The van der Waals surface area contributed by atoms with E-state index in [0.29, 0.717) is 25.9 Å². The summed E-state index contributed by atoms with van der Waals surface area (Å²) in [5.41, 5.74) is 4.89. The molecule has 0 spiro atoms. The second-order valence-electron chi connectivity index (χ2n) is 14.5. The van der Waals surface area contributed by atoms with Gasteiger partial charge in [-0.25, -0.2) is 0 Å². The Kier molecular flexibility index (Phi) is 14.8. The Morgan fingerprint density at radius 2 is 1.73 bits per heavy atom. The van der Waals surface area contributed by atoms with Crippen LogP contribution in [0, 0.1) is 27.9 Å². The fourth-order valence-electron chi connectivity index (χ4n) is 8.49. The average molecular weight is 784 g/mol. The van der Waals surface area contributed by atoms with Crippen LogP contribution < -0.4 is 9.47 Å². The van der Waals surface area contributed by atoms with E-state index in [1.807, 2.05) is 36.7 Å². The maximum atomic E-state index is 11.3. The van der Waals surface area contributed by atoms with Gasteiger partial charge < -0.3 is 29.3 Å². The minimum absolute atomic E-state index is 0.0182. The van der Waals surface area contributed by atoms with Crippen LogP contribution in [-0.2, 0) is 22.6 Å². The predicted molar refractivity (Wildman–Crippen MR) is 219 cm³/mol. The Hall–Kier alpha value is -4.49. The number of thioether (sulfide) groups is 1. The molecule has 1 aromatic heterocycles. The monoisotopic (exact) mass is 783 g/mol. The molecule has 3 aromatic rings. The molecule has 0 saturated heterocycles. The lowest BCUT2D eigenvalue weighted by molar-refractivity contribution is -0.384. The van der Waals surface area contributed by atoms with Crippen molar-refractivity contribution in [3.63, 3.8) is 0 Å². The molecule has 11 nitrogen and oxygen atoms in total. The van der Waals surface area contributed by atoms with E-state index in [9.17, 15) is 20.3 Å². The molecule has 1 saturated carbocycles. The zero-order valence-corrected chi connectivity index (χ0v) is 32.7. The van der Waals surface area contributed by atoms with E-state index in [1.54, 1.807) is 36.0 Å². The van der Waals surface area contributed by atoms with Crippen molar-refractivity contribution < 1.29 is 34.2 Å². The van der Waals surface area contributed by atoms with Gasteiger partial charge in [0.1, 0.15) is 24.7 Å². The summed E-state index contributed by atoms with van der Waals surface area (Å²) in [5.74, 6) is 1.20. The van der Waals surface area contributed by atoms with Gasteiger partial charge in [0, 0.05) is 55.6 Å². The molecule has 298 valence electrons. The van der Waals surface area contributed by atoms with E-state index in [4.69, 9.17) is 24.2 Å². The van der Waals surface area contributed by atoms with Crippen molar-refractivity contribution in [2.45, 2.75) is 74.9 Å². The number of fused-ring (bicyclic) bond motifs is 2. The molecular formula is C44H53N3O8S. The molecule has 2 heterocycles. The minimum atomic E-state index is -1.08. The van der Waals surface area contributed by atoms with Gasteiger partial charge in [-0.15, -0.1) is 6.58 Å². The van der Waals surface area contributed by atoms with Gasteiger partial charge in [-0.1, -0.05) is 42.8 Å². The van der Waals surface area contributed by atoms with Gasteiger partial charge in [0.25, 0.3) is 5.69 Å². The van der Waals surface area contributed by atoms with E-state index >= 15 is 0 Å². The van der Waals surface area contributed by atoms with Crippen molar-refractivity contribution in [1.82, 2.24) is 4.98 Å². The first-order valence-electron chi connectivity index (χ1n) is 19.6. The highest BCUT2D eigenvalue weighted by Gasteiger charge is 2.64. The number of allylic oxidation sites excluding steroid dienone is 1. The molecular weight excluding hydrogens is 731 g/mol. The summed E-state index contributed by atoms with van der Waals surface area (Å²) in [4.78, 5) is 21.1. The van der Waals surface area contributed by atoms with Crippen LogP contribution in [0.1, 0.15) is 67.6 Å². The largest absolute Gasteiger partial charge is 0.490 e. The Bertz CT molecular complexity index is 1840. The molecule has 2 N–H and O–H groups in total. The number of pyridine rings is 1. The van der Waals surface area contributed by atoms with Crippen LogP contribution >= 0.6 is 11.8 Å². The minimum Gasteiger partial charge on any atom is -0.490 e. The van der Waals surface area contributed by atoms with Crippen molar-refractivity contribution in [3.05, 3.63) is 131 Å². The molecule has 6 atom stereocenters. The number of hydrogen-bond donors (Lipinski definition) is 2. The summed E-state index contributed by atoms with van der Waals surface area (Å²) < 4.78 is 20.4. The van der Waals surface area contributed by atoms with E-state index in [1.165, 1.54) is 17.7 Å². The zero-order chi connectivity index (χ0) is 39.3. The van der Waals surface area contributed by atoms with E-state index in [0.717, 1.165) is 71.8 Å². The first kappa shape index (κ1) is 41.2. The molecule has 0 amide bonds. The number of aliphatic hydroxyl groups is 2. The lowest BCUT2D eigenvalue weighted by atomic mass is 9.56.